The van der Waals surface area contributed by atoms with E-state index in [-0.39, 0.29) is 5.60 Å². The van der Waals surface area contributed by atoms with Crippen molar-refractivity contribution in [3.05, 3.63) is 0 Å². The molecule has 0 aromatic carbocycles. The van der Waals surface area contributed by atoms with Crippen LogP contribution >= 0.6 is 0 Å². The molecule has 0 aromatic heterocycles. The zero-order valence-corrected chi connectivity index (χ0v) is 10.8. The van der Waals surface area contributed by atoms with E-state index in [0.717, 1.165) is 18.9 Å². The fourth-order valence-electron chi connectivity index (χ4n) is 2.79. The van der Waals surface area contributed by atoms with E-state index in [4.69, 9.17) is 4.74 Å². The van der Waals surface area contributed by atoms with Gasteiger partial charge in [-0.3, -0.25) is 5.32 Å². The first kappa shape index (κ1) is 11.9. The van der Waals surface area contributed by atoms with Crippen LogP contribution in [0.2, 0.25) is 0 Å². The van der Waals surface area contributed by atoms with Crippen molar-refractivity contribution in [2.75, 3.05) is 6.54 Å². The topological polar surface area (TPSA) is 45.0 Å². The van der Waals surface area contributed by atoms with Crippen LogP contribution < -0.4 is 5.32 Å². The quantitative estimate of drug-likeness (QED) is 0.796. The van der Waals surface area contributed by atoms with Gasteiger partial charge < -0.3 is 4.74 Å². The van der Waals surface area contributed by atoms with E-state index in [1.54, 1.807) is 0 Å². The van der Waals surface area contributed by atoms with Crippen LogP contribution in [0, 0.1) is 17.2 Å². The molecular weight excluding hydrogens is 200 g/mol. The molecule has 3 nitrogen and oxygen atoms in total. The van der Waals surface area contributed by atoms with Gasteiger partial charge in [-0.25, -0.2) is 0 Å². The molecule has 2 rings (SSSR count). The van der Waals surface area contributed by atoms with E-state index in [0.29, 0.717) is 0 Å². The molecule has 0 bridgehead atoms. The van der Waals surface area contributed by atoms with Crippen LogP contribution in [-0.4, -0.2) is 23.3 Å². The van der Waals surface area contributed by atoms with Crippen LogP contribution in [0.5, 0.6) is 0 Å². The molecule has 0 radical (unpaired) electrons. The van der Waals surface area contributed by atoms with Gasteiger partial charge in [0.15, 0.2) is 0 Å². The molecule has 1 heterocycles. The second kappa shape index (κ2) is 3.45. The highest BCUT2D eigenvalue weighted by atomic mass is 16.5. The van der Waals surface area contributed by atoms with Gasteiger partial charge in [0, 0.05) is 6.42 Å². The minimum atomic E-state index is -0.529. The normalized spacial score (nSPS) is 35.9. The smallest absolute Gasteiger partial charge is 0.138 e. The predicted octanol–water partition coefficient (Wildman–Crippen LogP) is 2.23. The van der Waals surface area contributed by atoms with Crippen molar-refractivity contribution in [1.82, 2.24) is 5.32 Å². The van der Waals surface area contributed by atoms with Crippen LogP contribution in [0.3, 0.4) is 0 Å². The summed E-state index contributed by atoms with van der Waals surface area (Å²) in [5.74, 6) is 0.782. The van der Waals surface area contributed by atoms with E-state index >= 15 is 0 Å². The number of nitrogens with one attached hydrogen (secondary N) is 1. The summed E-state index contributed by atoms with van der Waals surface area (Å²) in [6.45, 7) is 9.12. The highest BCUT2D eigenvalue weighted by Gasteiger charge is 2.57. The SMILES string of the molecule is CC1(C)CC(C#N)(NCC2CC2)C(C)(C)O1. The van der Waals surface area contributed by atoms with Gasteiger partial charge in [-0.05, 0) is 53.0 Å². The maximum Gasteiger partial charge on any atom is 0.138 e. The minimum absolute atomic E-state index is 0.213. The maximum atomic E-state index is 9.53. The zero-order valence-electron chi connectivity index (χ0n) is 10.8. The summed E-state index contributed by atoms with van der Waals surface area (Å²) >= 11 is 0. The van der Waals surface area contributed by atoms with Crippen molar-refractivity contribution >= 4 is 0 Å². The summed E-state index contributed by atoms with van der Waals surface area (Å²) in [7, 11) is 0. The molecular formula is C13H22N2O. The number of rotatable bonds is 3. The molecule has 16 heavy (non-hydrogen) atoms. The van der Waals surface area contributed by atoms with Gasteiger partial charge in [0.1, 0.15) is 5.54 Å². The van der Waals surface area contributed by atoms with Crippen LogP contribution in [0.15, 0.2) is 0 Å². The molecule has 1 saturated carbocycles. The van der Waals surface area contributed by atoms with Crippen LogP contribution in [0.4, 0.5) is 0 Å². The average Bonchev–Trinajstić information content (AvgIpc) is 2.90. The highest BCUT2D eigenvalue weighted by Crippen LogP contribution is 2.45. The zero-order chi connectivity index (χ0) is 12.0. The lowest BCUT2D eigenvalue weighted by Crippen LogP contribution is -2.56. The van der Waals surface area contributed by atoms with Crippen molar-refractivity contribution in [1.29, 1.82) is 5.26 Å². The number of nitriles is 1. The van der Waals surface area contributed by atoms with E-state index in [9.17, 15) is 5.26 Å². The fourth-order valence-corrected chi connectivity index (χ4v) is 2.79. The van der Waals surface area contributed by atoms with Gasteiger partial charge in [0.25, 0.3) is 0 Å². The molecule has 1 unspecified atom stereocenters. The Bertz CT molecular complexity index is 325. The molecule has 1 saturated heterocycles. The Morgan fingerprint density at radius 3 is 2.31 bits per heavy atom. The lowest BCUT2D eigenvalue weighted by atomic mass is 9.80. The average molecular weight is 222 g/mol. The Kier molecular flexibility index (Phi) is 2.56. The molecule has 0 aromatic rings. The van der Waals surface area contributed by atoms with Gasteiger partial charge in [0.05, 0.1) is 17.3 Å². The lowest BCUT2D eigenvalue weighted by Gasteiger charge is -2.34. The van der Waals surface area contributed by atoms with E-state index < -0.39 is 11.1 Å². The molecule has 1 aliphatic carbocycles. The first-order valence-electron chi connectivity index (χ1n) is 6.17. The number of hydrogen-bond acceptors (Lipinski definition) is 3. The van der Waals surface area contributed by atoms with Crippen molar-refractivity contribution in [2.24, 2.45) is 5.92 Å². The molecule has 0 spiro atoms. The second-order valence-corrected chi connectivity index (χ2v) is 6.39. The Morgan fingerprint density at radius 2 is 1.94 bits per heavy atom. The third-order valence-corrected chi connectivity index (χ3v) is 3.83. The third kappa shape index (κ3) is 1.97. The monoisotopic (exact) mass is 222 g/mol. The van der Waals surface area contributed by atoms with Gasteiger partial charge in [-0.15, -0.1) is 0 Å². The summed E-state index contributed by atoms with van der Waals surface area (Å²) in [5, 5.41) is 13.0. The van der Waals surface area contributed by atoms with E-state index in [2.05, 4.69) is 25.2 Å². The molecule has 0 amide bonds. The lowest BCUT2D eigenvalue weighted by molar-refractivity contribution is -0.0766. The van der Waals surface area contributed by atoms with Gasteiger partial charge in [0.2, 0.25) is 0 Å². The number of ether oxygens (including phenoxy) is 1. The molecule has 1 atom stereocenters. The van der Waals surface area contributed by atoms with Crippen LogP contribution in [-0.2, 0) is 4.74 Å². The molecule has 1 aliphatic heterocycles. The Balaban J connectivity index is 2.15. The molecule has 1 N–H and O–H groups in total. The highest BCUT2D eigenvalue weighted by molar-refractivity contribution is 5.23. The summed E-state index contributed by atoms with van der Waals surface area (Å²) in [4.78, 5) is 0. The van der Waals surface area contributed by atoms with Crippen LogP contribution in [0.25, 0.3) is 0 Å². The maximum absolute atomic E-state index is 9.53. The molecule has 3 heteroatoms. The molecule has 2 fully saturated rings. The molecule has 90 valence electrons. The van der Waals surface area contributed by atoms with Crippen molar-refractivity contribution in [2.45, 2.75) is 63.7 Å². The van der Waals surface area contributed by atoms with Crippen molar-refractivity contribution < 1.29 is 4.74 Å². The summed E-state index contributed by atoms with van der Waals surface area (Å²) in [5.41, 5.74) is -1.16. The Morgan fingerprint density at radius 1 is 1.31 bits per heavy atom. The first-order valence-corrected chi connectivity index (χ1v) is 6.17. The Hall–Kier alpha value is -0.590. The minimum Gasteiger partial charge on any atom is -0.367 e. The standard InChI is InChI=1S/C13H22N2O/c1-11(2)8-13(9-14,12(3,4)16-11)15-7-10-5-6-10/h10,15H,5-8H2,1-4H3. The summed E-state index contributed by atoms with van der Waals surface area (Å²) < 4.78 is 6.01. The first-order chi connectivity index (χ1) is 7.30. The predicted molar refractivity (Wildman–Crippen MR) is 62.9 cm³/mol. The van der Waals surface area contributed by atoms with E-state index in [1.807, 2.05) is 13.8 Å². The van der Waals surface area contributed by atoms with Crippen molar-refractivity contribution in [3.8, 4) is 6.07 Å². The molecule has 2 aliphatic rings. The summed E-state index contributed by atoms with van der Waals surface area (Å²) in [6, 6.07) is 2.47. The second-order valence-electron chi connectivity index (χ2n) is 6.39. The van der Waals surface area contributed by atoms with Gasteiger partial charge in [-0.2, -0.15) is 5.26 Å². The number of hydrogen-bond donors (Lipinski definition) is 1. The third-order valence-electron chi connectivity index (χ3n) is 3.83. The van der Waals surface area contributed by atoms with E-state index in [1.165, 1.54) is 12.8 Å². The Labute approximate surface area is 98.2 Å². The van der Waals surface area contributed by atoms with Gasteiger partial charge >= 0.3 is 0 Å². The summed E-state index contributed by atoms with van der Waals surface area (Å²) in [6.07, 6.45) is 3.37. The van der Waals surface area contributed by atoms with Crippen LogP contribution in [0.1, 0.15) is 47.0 Å². The van der Waals surface area contributed by atoms with Gasteiger partial charge in [-0.1, -0.05) is 0 Å². The largest absolute Gasteiger partial charge is 0.367 e. The number of nitrogens with zero attached hydrogens (tertiary/aromatic N) is 1. The fraction of sp³-hybridized carbons (Fsp3) is 0.923. The van der Waals surface area contributed by atoms with Crippen molar-refractivity contribution in [3.63, 3.8) is 0 Å².